The standard InChI is InChI=1S/C15H13BrCl3NO/c1-8(20-2)10-4-3-9(16)5-14(10)21-15-7-12(18)11(17)6-13(15)19/h3-8,20H,1-2H3. The van der Waals surface area contributed by atoms with Gasteiger partial charge < -0.3 is 10.1 Å². The van der Waals surface area contributed by atoms with Gasteiger partial charge in [-0.1, -0.05) is 56.8 Å². The minimum atomic E-state index is 0.134. The van der Waals surface area contributed by atoms with Gasteiger partial charge in [-0.05, 0) is 32.2 Å². The molecule has 2 aromatic carbocycles. The first-order valence-corrected chi connectivity index (χ1v) is 8.14. The number of ether oxygens (including phenoxy) is 1. The number of benzene rings is 2. The molecule has 2 aromatic rings. The van der Waals surface area contributed by atoms with Crippen LogP contribution >= 0.6 is 50.7 Å². The zero-order valence-corrected chi connectivity index (χ0v) is 15.2. The van der Waals surface area contributed by atoms with Crippen molar-refractivity contribution in [2.24, 2.45) is 0 Å². The fourth-order valence-corrected chi connectivity index (χ4v) is 2.73. The molecule has 2 rings (SSSR count). The third-order valence-electron chi connectivity index (χ3n) is 3.07. The van der Waals surface area contributed by atoms with Crippen LogP contribution in [0.25, 0.3) is 0 Å². The Hall–Kier alpha value is -0.450. The third-order valence-corrected chi connectivity index (χ3v) is 4.58. The molecule has 1 unspecified atom stereocenters. The molecule has 0 saturated heterocycles. The first-order valence-electron chi connectivity index (χ1n) is 6.21. The first-order chi connectivity index (χ1) is 9.92. The average molecular weight is 410 g/mol. The number of hydrogen-bond acceptors (Lipinski definition) is 2. The zero-order valence-electron chi connectivity index (χ0n) is 11.4. The molecule has 1 N–H and O–H groups in total. The van der Waals surface area contributed by atoms with E-state index in [-0.39, 0.29) is 6.04 Å². The molecule has 0 bridgehead atoms. The quantitative estimate of drug-likeness (QED) is 0.583. The van der Waals surface area contributed by atoms with E-state index in [9.17, 15) is 0 Å². The van der Waals surface area contributed by atoms with Crippen LogP contribution in [0.5, 0.6) is 11.5 Å². The van der Waals surface area contributed by atoms with Crippen LogP contribution in [0, 0.1) is 0 Å². The Kier molecular flexibility index (Phi) is 5.81. The van der Waals surface area contributed by atoms with E-state index < -0.39 is 0 Å². The minimum Gasteiger partial charge on any atom is -0.455 e. The summed E-state index contributed by atoms with van der Waals surface area (Å²) < 4.78 is 6.85. The highest BCUT2D eigenvalue weighted by Gasteiger charge is 2.14. The third kappa shape index (κ3) is 4.05. The normalized spacial score (nSPS) is 12.3. The molecule has 0 spiro atoms. The van der Waals surface area contributed by atoms with Crippen molar-refractivity contribution < 1.29 is 4.74 Å². The summed E-state index contributed by atoms with van der Waals surface area (Å²) in [7, 11) is 1.89. The van der Waals surface area contributed by atoms with Crippen molar-refractivity contribution in [2.45, 2.75) is 13.0 Å². The summed E-state index contributed by atoms with van der Waals surface area (Å²) in [6.07, 6.45) is 0. The molecule has 1 atom stereocenters. The topological polar surface area (TPSA) is 21.3 Å². The second kappa shape index (κ2) is 7.21. The Morgan fingerprint density at radius 3 is 2.33 bits per heavy atom. The highest BCUT2D eigenvalue weighted by molar-refractivity contribution is 9.10. The predicted octanol–water partition coefficient (Wildman–Crippen LogP) is 6.48. The summed E-state index contributed by atoms with van der Waals surface area (Å²) >= 11 is 21.6. The molecule has 0 aromatic heterocycles. The van der Waals surface area contributed by atoms with Crippen molar-refractivity contribution in [3.63, 3.8) is 0 Å². The Morgan fingerprint density at radius 2 is 1.67 bits per heavy atom. The average Bonchev–Trinajstić information content (AvgIpc) is 2.44. The maximum Gasteiger partial charge on any atom is 0.147 e. The molecular weight excluding hydrogens is 396 g/mol. The summed E-state index contributed by atoms with van der Waals surface area (Å²) in [6, 6.07) is 9.16. The van der Waals surface area contributed by atoms with Crippen LogP contribution in [0.4, 0.5) is 0 Å². The highest BCUT2D eigenvalue weighted by atomic mass is 79.9. The summed E-state index contributed by atoms with van der Waals surface area (Å²) in [6.45, 7) is 2.05. The van der Waals surface area contributed by atoms with Crippen molar-refractivity contribution >= 4 is 50.7 Å². The lowest BCUT2D eigenvalue weighted by Gasteiger charge is -2.17. The van der Waals surface area contributed by atoms with Gasteiger partial charge >= 0.3 is 0 Å². The Bertz CT molecular complexity index is 664. The van der Waals surface area contributed by atoms with Gasteiger partial charge in [-0.15, -0.1) is 0 Å². The molecule has 0 aliphatic rings. The lowest BCUT2D eigenvalue weighted by Crippen LogP contribution is -2.13. The molecule has 0 aliphatic heterocycles. The molecule has 0 radical (unpaired) electrons. The van der Waals surface area contributed by atoms with Gasteiger partial charge in [0.1, 0.15) is 11.5 Å². The predicted molar refractivity (Wildman–Crippen MR) is 93.2 cm³/mol. The van der Waals surface area contributed by atoms with Crippen LogP contribution in [0.3, 0.4) is 0 Å². The molecule has 0 amide bonds. The van der Waals surface area contributed by atoms with Crippen LogP contribution in [0.15, 0.2) is 34.8 Å². The van der Waals surface area contributed by atoms with Crippen LogP contribution in [0.2, 0.25) is 15.1 Å². The number of halogens is 4. The minimum absolute atomic E-state index is 0.134. The molecule has 21 heavy (non-hydrogen) atoms. The molecule has 0 fully saturated rings. The van der Waals surface area contributed by atoms with E-state index in [0.717, 1.165) is 10.0 Å². The fraction of sp³-hybridized carbons (Fsp3) is 0.200. The second-order valence-corrected chi connectivity index (χ2v) is 6.63. The maximum atomic E-state index is 6.16. The van der Waals surface area contributed by atoms with Crippen LogP contribution in [-0.2, 0) is 0 Å². The number of nitrogens with one attached hydrogen (secondary N) is 1. The molecule has 112 valence electrons. The molecule has 6 heteroatoms. The number of rotatable bonds is 4. The Labute approximate surface area is 147 Å². The Balaban J connectivity index is 2.43. The van der Waals surface area contributed by atoms with Crippen molar-refractivity contribution in [1.29, 1.82) is 0 Å². The molecular formula is C15H13BrCl3NO. The zero-order chi connectivity index (χ0) is 15.6. The van der Waals surface area contributed by atoms with Crippen LogP contribution in [-0.4, -0.2) is 7.05 Å². The van der Waals surface area contributed by atoms with Gasteiger partial charge in [-0.3, -0.25) is 0 Å². The van der Waals surface area contributed by atoms with E-state index in [1.165, 1.54) is 0 Å². The van der Waals surface area contributed by atoms with Gasteiger partial charge in [-0.2, -0.15) is 0 Å². The Morgan fingerprint density at radius 1 is 1.00 bits per heavy atom. The summed E-state index contributed by atoms with van der Waals surface area (Å²) in [4.78, 5) is 0. The molecule has 2 nitrogen and oxygen atoms in total. The number of hydrogen-bond donors (Lipinski definition) is 1. The van der Waals surface area contributed by atoms with Gasteiger partial charge in [0.25, 0.3) is 0 Å². The van der Waals surface area contributed by atoms with E-state index >= 15 is 0 Å². The highest BCUT2D eigenvalue weighted by Crippen LogP contribution is 2.39. The molecule has 0 saturated carbocycles. The maximum absolute atomic E-state index is 6.16. The van der Waals surface area contributed by atoms with Gasteiger partial charge in [-0.25, -0.2) is 0 Å². The van der Waals surface area contributed by atoms with Crippen molar-refractivity contribution in [3.8, 4) is 11.5 Å². The van der Waals surface area contributed by atoms with E-state index in [0.29, 0.717) is 26.6 Å². The smallest absolute Gasteiger partial charge is 0.147 e. The van der Waals surface area contributed by atoms with E-state index in [4.69, 9.17) is 39.5 Å². The fourth-order valence-electron chi connectivity index (χ4n) is 1.81. The molecule has 0 heterocycles. The van der Waals surface area contributed by atoms with E-state index in [1.807, 2.05) is 32.2 Å². The largest absolute Gasteiger partial charge is 0.455 e. The van der Waals surface area contributed by atoms with E-state index in [2.05, 4.69) is 21.2 Å². The second-order valence-electron chi connectivity index (χ2n) is 4.49. The summed E-state index contributed by atoms with van der Waals surface area (Å²) in [5.74, 6) is 1.17. The molecule has 0 aliphatic carbocycles. The summed E-state index contributed by atoms with van der Waals surface area (Å²) in [5.41, 5.74) is 1.02. The van der Waals surface area contributed by atoms with Crippen molar-refractivity contribution in [2.75, 3.05) is 7.05 Å². The van der Waals surface area contributed by atoms with Crippen LogP contribution in [0.1, 0.15) is 18.5 Å². The SMILES string of the molecule is CNC(C)c1ccc(Br)cc1Oc1cc(Cl)c(Cl)cc1Cl. The van der Waals surface area contributed by atoms with Gasteiger partial charge in [0.05, 0.1) is 15.1 Å². The van der Waals surface area contributed by atoms with E-state index in [1.54, 1.807) is 12.1 Å². The van der Waals surface area contributed by atoms with Gasteiger partial charge in [0, 0.05) is 22.1 Å². The van der Waals surface area contributed by atoms with Gasteiger partial charge in [0.2, 0.25) is 0 Å². The summed E-state index contributed by atoms with van der Waals surface area (Å²) in [5, 5.41) is 4.39. The van der Waals surface area contributed by atoms with Crippen LogP contribution < -0.4 is 10.1 Å². The first kappa shape index (κ1) is 16.9. The lowest BCUT2D eigenvalue weighted by molar-refractivity contribution is 0.466. The van der Waals surface area contributed by atoms with Crippen molar-refractivity contribution in [1.82, 2.24) is 5.32 Å². The van der Waals surface area contributed by atoms with Gasteiger partial charge in [0.15, 0.2) is 0 Å². The monoisotopic (exact) mass is 407 g/mol. The lowest BCUT2D eigenvalue weighted by atomic mass is 10.1. The van der Waals surface area contributed by atoms with Crippen molar-refractivity contribution in [3.05, 3.63) is 55.4 Å².